The maximum Gasteiger partial charge on any atom is 0.251 e. The first-order valence-electron chi connectivity index (χ1n) is 16.4. The van der Waals surface area contributed by atoms with Crippen LogP contribution in [0.3, 0.4) is 0 Å². The number of amides is 1. The van der Waals surface area contributed by atoms with E-state index in [2.05, 4.69) is 37.9 Å². The highest BCUT2D eigenvalue weighted by Crippen LogP contribution is 2.53. The molecule has 0 unspecified atom stereocenters. The number of allylic oxidation sites excluding steroid dienone is 1. The average molecular weight is 660 g/mol. The van der Waals surface area contributed by atoms with Crippen LogP contribution in [0.25, 0.3) is 11.1 Å². The number of rotatable bonds is 9. The van der Waals surface area contributed by atoms with Crippen molar-refractivity contribution in [2.45, 2.75) is 71.2 Å². The number of benzene rings is 2. The normalized spacial score (nSPS) is 24.0. The summed E-state index contributed by atoms with van der Waals surface area (Å²) in [5.74, 6) is -6.37. The van der Waals surface area contributed by atoms with E-state index in [9.17, 15) is 39.6 Å². The summed E-state index contributed by atoms with van der Waals surface area (Å²) in [5, 5.41) is 48.5. The average Bonchev–Trinajstić information content (AvgIpc) is 3.00. The fraction of sp³-hybridized carbons (Fsp3) is 0.459. The van der Waals surface area contributed by atoms with Crippen LogP contribution in [0.1, 0.15) is 67.3 Å². The molecular formula is C37H45N3O8. The predicted octanol–water partition coefficient (Wildman–Crippen LogP) is 3.74. The molecule has 11 nitrogen and oxygen atoms in total. The second-order valence-electron chi connectivity index (χ2n) is 13.9. The van der Waals surface area contributed by atoms with Crippen LogP contribution in [0.15, 0.2) is 59.1 Å². The summed E-state index contributed by atoms with van der Waals surface area (Å²) in [6, 6.07) is 9.69. The van der Waals surface area contributed by atoms with Crippen molar-refractivity contribution in [3.8, 4) is 16.9 Å². The first kappa shape index (κ1) is 35.0. The Balaban J connectivity index is 1.53. The van der Waals surface area contributed by atoms with Gasteiger partial charge in [0, 0.05) is 42.2 Å². The molecule has 0 bridgehead atoms. The Morgan fingerprint density at radius 2 is 1.69 bits per heavy atom. The van der Waals surface area contributed by atoms with E-state index < -0.39 is 57.9 Å². The Kier molecular flexibility index (Phi) is 9.44. The van der Waals surface area contributed by atoms with E-state index in [-0.39, 0.29) is 35.6 Å². The third kappa shape index (κ3) is 5.63. The molecule has 1 amide bonds. The second-order valence-corrected chi connectivity index (χ2v) is 13.9. The highest BCUT2D eigenvalue weighted by molar-refractivity contribution is 6.25. The lowest BCUT2D eigenvalue weighted by molar-refractivity contribution is -0.148. The fourth-order valence-electron chi connectivity index (χ4n) is 7.96. The number of phenols is 1. The molecule has 3 aliphatic carbocycles. The number of aromatic hydroxyl groups is 1. The van der Waals surface area contributed by atoms with Crippen LogP contribution in [0.4, 0.5) is 0 Å². The predicted molar refractivity (Wildman–Crippen MR) is 180 cm³/mol. The van der Waals surface area contributed by atoms with Crippen molar-refractivity contribution < 1.29 is 39.6 Å². The Hall–Kier alpha value is -4.32. The van der Waals surface area contributed by atoms with E-state index in [1.54, 1.807) is 43.3 Å². The highest BCUT2D eigenvalue weighted by atomic mass is 16.3. The third-order valence-corrected chi connectivity index (χ3v) is 10.1. The molecule has 0 aliphatic heterocycles. The number of fused-ring (bicyclic) bond motifs is 3. The summed E-state index contributed by atoms with van der Waals surface area (Å²) in [6.07, 6.45) is 0.179. The SMILES string of the molecule is CC(=O)C1=C(O)[C@@H](N(C)C)[C@@H]2C[C@@H]3Cc4c(-c5cccc(C(=O)NCCN(C(C)C)C(C)C)c5)ccc(O)c4C(=O)C3=C(O)[C@]2(O)C1=O. The minimum atomic E-state index is -2.63. The monoisotopic (exact) mass is 659 g/mol. The molecule has 256 valence electrons. The number of likely N-dealkylation sites (N-methyl/N-ethyl adjacent to an activating group) is 1. The van der Waals surface area contributed by atoms with Crippen molar-refractivity contribution in [1.29, 1.82) is 0 Å². The molecule has 11 heteroatoms. The molecule has 2 aromatic rings. The molecular weight excluding hydrogens is 614 g/mol. The van der Waals surface area contributed by atoms with Gasteiger partial charge in [-0.1, -0.05) is 18.2 Å². The second kappa shape index (κ2) is 12.9. The quantitative estimate of drug-likeness (QED) is 0.250. The van der Waals surface area contributed by atoms with Gasteiger partial charge in [-0.05, 0) is 102 Å². The van der Waals surface area contributed by atoms with Gasteiger partial charge in [-0.25, -0.2) is 0 Å². The minimum absolute atomic E-state index is 0.0201. The highest BCUT2D eigenvalue weighted by Gasteiger charge is 2.63. The number of phenolic OH excluding ortho intramolecular Hbond substituents is 1. The maximum absolute atomic E-state index is 14.1. The lowest BCUT2D eigenvalue weighted by atomic mass is 9.58. The van der Waals surface area contributed by atoms with Crippen LogP contribution in [0, 0.1) is 11.8 Å². The van der Waals surface area contributed by atoms with Gasteiger partial charge >= 0.3 is 0 Å². The van der Waals surface area contributed by atoms with Crippen LogP contribution in [0.5, 0.6) is 5.75 Å². The van der Waals surface area contributed by atoms with Gasteiger partial charge in [-0.2, -0.15) is 0 Å². The van der Waals surface area contributed by atoms with Crippen LogP contribution >= 0.6 is 0 Å². The number of nitrogens with zero attached hydrogens (tertiary/aromatic N) is 2. The number of carbonyl (C=O) groups is 4. The number of aliphatic hydroxyl groups excluding tert-OH is 2. The summed E-state index contributed by atoms with van der Waals surface area (Å²) in [5.41, 5.74) is -1.33. The summed E-state index contributed by atoms with van der Waals surface area (Å²) >= 11 is 0. The number of hydrogen-bond acceptors (Lipinski definition) is 10. The van der Waals surface area contributed by atoms with Crippen molar-refractivity contribution >= 4 is 23.3 Å². The number of hydrogen-bond donors (Lipinski definition) is 5. The summed E-state index contributed by atoms with van der Waals surface area (Å²) in [6.45, 7) is 10.7. The molecule has 2 aromatic carbocycles. The lowest BCUT2D eigenvalue weighted by Crippen LogP contribution is -2.63. The molecule has 48 heavy (non-hydrogen) atoms. The van der Waals surface area contributed by atoms with E-state index in [1.165, 1.54) is 6.07 Å². The molecule has 0 fully saturated rings. The first-order valence-corrected chi connectivity index (χ1v) is 16.4. The molecule has 0 saturated carbocycles. The largest absolute Gasteiger partial charge is 0.510 e. The van der Waals surface area contributed by atoms with E-state index in [1.807, 2.05) is 6.07 Å². The fourth-order valence-corrected chi connectivity index (χ4v) is 7.96. The van der Waals surface area contributed by atoms with E-state index in [4.69, 9.17) is 0 Å². The summed E-state index contributed by atoms with van der Waals surface area (Å²) < 4.78 is 0. The standard InChI is InChI=1S/C37H45N3O8/c1-18(2)40(19(3)4)14-13-38-36(47)22-10-8-9-21(15-22)24-11-12-27(42)30-25(24)16-23-17-26-31(39(6)7)33(44)28(20(5)41)34(45)37(26,48)35(46)29(23)32(30)43/h8-12,15,18-19,23,26,31,42,44,46,48H,13-14,16-17H2,1-7H3,(H,38,47)/t23-,26-,31-,37+/m0/s1. The van der Waals surface area contributed by atoms with Crippen molar-refractivity contribution in [2.24, 2.45) is 11.8 Å². The molecule has 4 atom stereocenters. The summed E-state index contributed by atoms with van der Waals surface area (Å²) in [7, 11) is 3.24. The van der Waals surface area contributed by atoms with Crippen LogP contribution in [-0.2, 0) is 16.0 Å². The van der Waals surface area contributed by atoms with Crippen LogP contribution in [0.2, 0.25) is 0 Å². The maximum atomic E-state index is 14.1. The van der Waals surface area contributed by atoms with Gasteiger partial charge in [0.2, 0.25) is 5.78 Å². The van der Waals surface area contributed by atoms with Gasteiger partial charge in [0.15, 0.2) is 17.2 Å². The van der Waals surface area contributed by atoms with Crippen LogP contribution < -0.4 is 5.32 Å². The van der Waals surface area contributed by atoms with Gasteiger partial charge in [-0.3, -0.25) is 29.0 Å². The lowest BCUT2D eigenvalue weighted by Gasteiger charge is -2.50. The van der Waals surface area contributed by atoms with E-state index in [0.29, 0.717) is 47.4 Å². The van der Waals surface area contributed by atoms with Gasteiger partial charge in [0.1, 0.15) is 22.8 Å². The Bertz CT molecular complexity index is 1750. The van der Waals surface area contributed by atoms with Crippen LogP contribution in [-0.4, -0.2) is 104 Å². The molecule has 0 heterocycles. The van der Waals surface area contributed by atoms with Gasteiger partial charge < -0.3 is 25.7 Å². The molecule has 0 radical (unpaired) electrons. The van der Waals surface area contributed by atoms with Gasteiger partial charge in [-0.15, -0.1) is 0 Å². The number of carbonyl (C=O) groups excluding carboxylic acids is 4. The van der Waals surface area contributed by atoms with E-state index in [0.717, 1.165) is 6.92 Å². The van der Waals surface area contributed by atoms with Crippen molar-refractivity contribution in [2.75, 3.05) is 27.2 Å². The topological polar surface area (TPSA) is 168 Å². The smallest absolute Gasteiger partial charge is 0.251 e. The van der Waals surface area contributed by atoms with Crippen molar-refractivity contribution in [3.63, 3.8) is 0 Å². The van der Waals surface area contributed by atoms with Crippen molar-refractivity contribution in [3.05, 3.63) is 75.8 Å². The zero-order chi connectivity index (χ0) is 35.4. The zero-order valence-electron chi connectivity index (χ0n) is 28.5. The number of ketones is 3. The van der Waals surface area contributed by atoms with Crippen molar-refractivity contribution in [1.82, 2.24) is 15.1 Å². The Morgan fingerprint density at radius 3 is 2.29 bits per heavy atom. The Morgan fingerprint density at radius 1 is 1.02 bits per heavy atom. The molecule has 5 N–H and O–H groups in total. The third-order valence-electron chi connectivity index (χ3n) is 10.1. The molecule has 0 aromatic heterocycles. The first-order chi connectivity index (χ1) is 22.5. The number of nitrogens with one attached hydrogen (secondary N) is 1. The molecule has 0 spiro atoms. The molecule has 5 rings (SSSR count). The van der Waals surface area contributed by atoms with Gasteiger partial charge in [0.05, 0.1) is 11.6 Å². The number of Topliss-reactive ketones (excluding diaryl/α,β-unsaturated/α-hetero) is 3. The zero-order valence-corrected chi connectivity index (χ0v) is 28.5. The molecule has 3 aliphatic rings. The van der Waals surface area contributed by atoms with Gasteiger partial charge in [0.25, 0.3) is 5.91 Å². The van der Waals surface area contributed by atoms with E-state index >= 15 is 0 Å². The minimum Gasteiger partial charge on any atom is -0.510 e. The molecule has 0 saturated heterocycles. The summed E-state index contributed by atoms with van der Waals surface area (Å²) in [4.78, 5) is 57.2. The number of aliphatic hydroxyl groups is 3. The Labute approximate surface area is 280 Å².